The highest BCUT2D eigenvalue weighted by molar-refractivity contribution is 14.1. The van der Waals surface area contributed by atoms with Gasteiger partial charge in [0.25, 0.3) is 0 Å². The molecule has 2 atom stereocenters. The molecule has 0 saturated heterocycles. The number of terminal acetylenes is 4. The molecule has 66 valence electrons. The SMILES string of the molecule is C#CC(C#C)[C@H](C#C)C(I)(C#C)C#N. The van der Waals surface area contributed by atoms with Crippen LogP contribution in [0.25, 0.3) is 0 Å². The van der Waals surface area contributed by atoms with Gasteiger partial charge in [-0.1, -0.05) is 23.7 Å². The smallest absolute Gasteiger partial charge is 0.183 e. The number of halogens is 1. The summed E-state index contributed by atoms with van der Waals surface area (Å²) >= 11 is 1.80. The van der Waals surface area contributed by atoms with E-state index in [1.165, 1.54) is 0 Å². The maximum absolute atomic E-state index is 8.89. The molecule has 14 heavy (non-hydrogen) atoms. The summed E-state index contributed by atoms with van der Waals surface area (Å²) < 4.78 is -1.14. The first-order valence-corrected chi connectivity index (χ1v) is 4.63. The minimum absolute atomic E-state index is 0.618. The van der Waals surface area contributed by atoms with Gasteiger partial charge in [0.05, 0.1) is 17.9 Å². The van der Waals surface area contributed by atoms with Crippen molar-refractivity contribution in [2.24, 2.45) is 11.8 Å². The summed E-state index contributed by atoms with van der Waals surface area (Å²) in [4.78, 5) is 0. The molecule has 0 aliphatic carbocycles. The first kappa shape index (κ1) is 12.5. The lowest BCUT2D eigenvalue weighted by atomic mass is 9.84. The largest absolute Gasteiger partial charge is 0.196 e. The monoisotopic (exact) mass is 291 g/mol. The first-order chi connectivity index (χ1) is 6.59. The molecule has 1 unspecified atom stereocenters. The van der Waals surface area contributed by atoms with Crippen LogP contribution in [0.3, 0.4) is 0 Å². The molecule has 0 radical (unpaired) electrons. The third-order valence-corrected chi connectivity index (χ3v) is 2.90. The Morgan fingerprint density at radius 2 is 1.57 bits per heavy atom. The standard InChI is InChI=1S/C12H6IN/c1-5-10(6-2)11(7-3)12(13,8-4)9-14/h1-4,10-11H/t11-,12?/m0/s1. The number of nitriles is 1. The van der Waals surface area contributed by atoms with Crippen LogP contribution in [0.15, 0.2) is 0 Å². The summed E-state index contributed by atoms with van der Waals surface area (Å²) in [6.45, 7) is 0. The van der Waals surface area contributed by atoms with E-state index in [0.29, 0.717) is 0 Å². The molecule has 0 aliphatic heterocycles. The van der Waals surface area contributed by atoms with Gasteiger partial charge in [-0.2, -0.15) is 5.26 Å². The summed E-state index contributed by atoms with van der Waals surface area (Å²) in [5.41, 5.74) is 0. The van der Waals surface area contributed by atoms with Crippen molar-refractivity contribution >= 4 is 22.6 Å². The van der Waals surface area contributed by atoms with E-state index in [1.54, 1.807) is 22.6 Å². The molecular formula is C12H6IN. The normalized spacial score (nSPS) is 14.6. The summed E-state index contributed by atoms with van der Waals surface area (Å²) in [5, 5.41) is 8.89. The van der Waals surface area contributed by atoms with Crippen molar-refractivity contribution in [3.05, 3.63) is 0 Å². The third kappa shape index (κ3) is 2.24. The molecule has 0 aliphatic rings. The Morgan fingerprint density at radius 3 is 1.79 bits per heavy atom. The topological polar surface area (TPSA) is 23.8 Å². The van der Waals surface area contributed by atoms with E-state index in [2.05, 4.69) is 23.7 Å². The fraction of sp³-hybridized carbons (Fsp3) is 0.250. The number of alkyl halides is 1. The average molecular weight is 291 g/mol. The Hall–Kier alpha value is -1.54. The van der Waals surface area contributed by atoms with Crippen LogP contribution in [-0.4, -0.2) is 3.42 Å². The third-order valence-electron chi connectivity index (χ3n) is 1.67. The Balaban J connectivity index is 5.29. The molecule has 0 heterocycles. The van der Waals surface area contributed by atoms with Gasteiger partial charge in [-0.25, -0.2) is 0 Å². The molecule has 0 aromatic carbocycles. The number of nitrogens with zero attached hydrogens (tertiary/aromatic N) is 1. The van der Waals surface area contributed by atoms with Crippen molar-refractivity contribution < 1.29 is 0 Å². The van der Waals surface area contributed by atoms with Crippen molar-refractivity contribution in [2.45, 2.75) is 3.42 Å². The van der Waals surface area contributed by atoms with Crippen LogP contribution in [0.5, 0.6) is 0 Å². The average Bonchev–Trinajstić information content (AvgIpc) is 2.24. The summed E-state index contributed by atoms with van der Waals surface area (Å²) in [7, 11) is 0. The van der Waals surface area contributed by atoms with E-state index in [9.17, 15) is 0 Å². The van der Waals surface area contributed by atoms with Crippen molar-refractivity contribution in [3.8, 4) is 55.4 Å². The van der Waals surface area contributed by atoms with Crippen molar-refractivity contribution in [1.29, 1.82) is 5.26 Å². The molecular weight excluding hydrogens is 285 g/mol. The van der Waals surface area contributed by atoms with E-state index in [0.717, 1.165) is 0 Å². The molecule has 0 N–H and O–H groups in total. The second-order valence-electron chi connectivity index (χ2n) is 2.42. The fourth-order valence-corrected chi connectivity index (χ4v) is 1.41. The van der Waals surface area contributed by atoms with E-state index in [4.69, 9.17) is 31.0 Å². The van der Waals surface area contributed by atoms with Gasteiger partial charge in [0.1, 0.15) is 0 Å². The van der Waals surface area contributed by atoms with Gasteiger partial charge >= 0.3 is 0 Å². The molecule has 0 rings (SSSR count). The minimum atomic E-state index is -1.14. The van der Waals surface area contributed by atoms with E-state index < -0.39 is 15.3 Å². The number of hydrogen-bond acceptors (Lipinski definition) is 1. The van der Waals surface area contributed by atoms with Gasteiger partial charge in [0, 0.05) is 0 Å². The second kappa shape index (κ2) is 5.25. The predicted octanol–water partition coefficient (Wildman–Crippen LogP) is 1.45. The predicted molar refractivity (Wildman–Crippen MR) is 64.7 cm³/mol. The van der Waals surface area contributed by atoms with Crippen LogP contribution in [0.2, 0.25) is 0 Å². The van der Waals surface area contributed by atoms with Crippen LogP contribution in [0.4, 0.5) is 0 Å². The maximum atomic E-state index is 8.89. The fourth-order valence-electron chi connectivity index (χ4n) is 0.873. The van der Waals surface area contributed by atoms with Crippen molar-refractivity contribution in [1.82, 2.24) is 0 Å². The van der Waals surface area contributed by atoms with Gasteiger partial charge in [-0.3, -0.25) is 0 Å². The Labute approximate surface area is 98.4 Å². The molecule has 0 amide bonds. The van der Waals surface area contributed by atoms with Gasteiger partial charge in [-0.05, 0) is 22.6 Å². The molecule has 0 aromatic rings. The lowest BCUT2D eigenvalue weighted by Crippen LogP contribution is -2.31. The van der Waals surface area contributed by atoms with Gasteiger partial charge in [0.2, 0.25) is 0 Å². The number of rotatable bonds is 2. The van der Waals surface area contributed by atoms with Gasteiger partial charge in [-0.15, -0.1) is 25.7 Å². The highest BCUT2D eigenvalue weighted by atomic mass is 127. The Bertz CT molecular complexity index is 386. The van der Waals surface area contributed by atoms with Gasteiger partial charge in [0.15, 0.2) is 3.42 Å². The van der Waals surface area contributed by atoms with E-state index in [1.807, 2.05) is 6.07 Å². The molecule has 1 nitrogen and oxygen atoms in total. The Kier molecular flexibility index (Phi) is 4.67. The van der Waals surface area contributed by atoms with Crippen LogP contribution < -0.4 is 0 Å². The van der Waals surface area contributed by atoms with Crippen LogP contribution in [0.1, 0.15) is 0 Å². The molecule has 0 aromatic heterocycles. The Morgan fingerprint density at radius 1 is 1.07 bits per heavy atom. The molecule has 0 fully saturated rings. The summed E-state index contributed by atoms with van der Waals surface area (Å²) in [5.74, 6) is 8.15. The summed E-state index contributed by atoms with van der Waals surface area (Å²) in [6.07, 6.45) is 20.9. The quantitative estimate of drug-likeness (QED) is 0.429. The maximum Gasteiger partial charge on any atom is 0.183 e. The van der Waals surface area contributed by atoms with Crippen LogP contribution in [-0.2, 0) is 0 Å². The van der Waals surface area contributed by atoms with Crippen molar-refractivity contribution in [2.75, 3.05) is 0 Å². The lowest BCUT2D eigenvalue weighted by Gasteiger charge is -2.22. The highest BCUT2D eigenvalue weighted by Gasteiger charge is 2.37. The summed E-state index contributed by atoms with van der Waals surface area (Å²) in [6, 6.07) is 1.95. The highest BCUT2D eigenvalue weighted by Crippen LogP contribution is 2.32. The van der Waals surface area contributed by atoms with Crippen LogP contribution in [0, 0.1) is 72.5 Å². The van der Waals surface area contributed by atoms with Crippen molar-refractivity contribution in [3.63, 3.8) is 0 Å². The van der Waals surface area contributed by atoms with E-state index in [-0.39, 0.29) is 0 Å². The second-order valence-corrected chi connectivity index (χ2v) is 4.12. The lowest BCUT2D eigenvalue weighted by molar-refractivity contribution is 0.593. The van der Waals surface area contributed by atoms with E-state index >= 15 is 0 Å². The van der Waals surface area contributed by atoms with Gasteiger partial charge < -0.3 is 0 Å². The molecule has 0 bridgehead atoms. The zero-order valence-electron chi connectivity index (χ0n) is 7.29. The molecule has 0 saturated carbocycles. The first-order valence-electron chi connectivity index (χ1n) is 3.56. The molecule has 2 heteroatoms. The number of hydrogen-bond donors (Lipinski definition) is 0. The zero-order chi connectivity index (χ0) is 11.2. The van der Waals surface area contributed by atoms with Crippen LogP contribution >= 0.6 is 22.6 Å². The minimum Gasteiger partial charge on any atom is -0.196 e. The zero-order valence-corrected chi connectivity index (χ0v) is 9.45. The molecule has 0 spiro atoms.